The molecule has 0 saturated carbocycles. The minimum atomic E-state index is -0.125. The number of para-hydroxylation sites is 1. The molecule has 0 radical (unpaired) electrons. The highest BCUT2D eigenvalue weighted by Crippen LogP contribution is 2.27. The molecule has 0 unspecified atom stereocenters. The van der Waals surface area contributed by atoms with Crippen LogP contribution in [0.2, 0.25) is 0 Å². The Morgan fingerprint density at radius 3 is 2.42 bits per heavy atom. The second-order valence-corrected chi connectivity index (χ2v) is 5.65. The molecule has 2 rings (SSSR count). The van der Waals surface area contributed by atoms with Crippen LogP contribution in [0.3, 0.4) is 0 Å². The van der Waals surface area contributed by atoms with Gasteiger partial charge in [0.25, 0.3) is 0 Å². The Kier molecular flexibility index (Phi) is 7.55. The lowest BCUT2D eigenvalue weighted by Crippen LogP contribution is -2.22. The molecule has 1 amide bonds. The predicted molar refractivity (Wildman–Crippen MR) is 103 cm³/mol. The van der Waals surface area contributed by atoms with Crippen molar-refractivity contribution in [1.29, 1.82) is 0 Å². The van der Waals surface area contributed by atoms with Crippen LogP contribution in [0.15, 0.2) is 48.5 Å². The van der Waals surface area contributed by atoms with Gasteiger partial charge in [-0.05, 0) is 48.2 Å². The van der Waals surface area contributed by atoms with E-state index >= 15 is 0 Å². The van der Waals surface area contributed by atoms with Crippen molar-refractivity contribution < 1.29 is 19.0 Å². The highest BCUT2D eigenvalue weighted by Gasteiger charge is 2.04. The first-order valence-electron chi connectivity index (χ1n) is 8.47. The van der Waals surface area contributed by atoms with E-state index in [9.17, 15) is 4.79 Å². The van der Waals surface area contributed by atoms with Crippen LogP contribution < -0.4 is 19.5 Å². The van der Waals surface area contributed by atoms with Crippen molar-refractivity contribution in [2.75, 3.05) is 27.9 Å². The lowest BCUT2D eigenvalue weighted by molar-refractivity contribution is -0.116. The molecule has 0 aromatic heterocycles. The third-order valence-corrected chi connectivity index (χ3v) is 3.95. The Hall–Kier alpha value is -2.95. The summed E-state index contributed by atoms with van der Waals surface area (Å²) in [4.78, 5) is 11.9. The van der Waals surface area contributed by atoms with Gasteiger partial charge in [0.2, 0.25) is 5.91 Å². The van der Waals surface area contributed by atoms with Gasteiger partial charge in [-0.25, -0.2) is 0 Å². The first kappa shape index (κ1) is 19.4. The molecule has 5 nitrogen and oxygen atoms in total. The normalized spacial score (nSPS) is 10.6. The molecule has 1 N–H and O–H groups in total. The van der Waals surface area contributed by atoms with Crippen LogP contribution in [-0.2, 0) is 11.2 Å². The topological polar surface area (TPSA) is 56.8 Å². The zero-order chi connectivity index (χ0) is 18.8. The van der Waals surface area contributed by atoms with E-state index in [0.29, 0.717) is 18.0 Å². The van der Waals surface area contributed by atoms with Crippen molar-refractivity contribution in [1.82, 2.24) is 5.32 Å². The quantitative estimate of drug-likeness (QED) is 0.553. The molecular formula is C21H25NO4. The monoisotopic (exact) mass is 355 g/mol. The van der Waals surface area contributed by atoms with E-state index in [-0.39, 0.29) is 5.91 Å². The maximum absolute atomic E-state index is 11.9. The van der Waals surface area contributed by atoms with E-state index in [2.05, 4.69) is 5.32 Å². The van der Waals surface area contributed by atoms with Crippen LogP contribution in [0.1, 0.15) is 17.5 Å². The highest BCUT2D eigenvalue weighted by atomic mass is 16.5. The number of carbonyl (C=O) groups excluding carboxylic acids is 1. The number of ether oxygens (including phenoxy) is 3. The minimum absolute atomic E-state index is 0.125. The van der Waals surface area contributed by atoms with Crippen molar-refractivity contribution in [3.63, 3.8) is 0 Å². The molecule has 2 aromatic rings. The summed E-state index contributed by atoms with van der Waals surface area (Å²) in [6.07, 6.45) is 4.96. The van der Waals surface area contributed by atoms with Crippen LogP contribution in [-0.4, -0.2) is 33.8 Å². The maximum Gasteiger partial charge on any atom is 0.243 e. The fraction of sp³-hybridized carbons (Fsp3) is 0.286. The molecule has 0 saturated heterocycles. The summed E-state index contributed by atoms with van der Waals surface area (Å²) in [7, 11) is 4.84. The van der Waals surface area contributed by atoms with Crippen molar-refractivity contribution >= 4 is 12.0 Å². The Labute approximate surface area is 154 Å². The molecule has 5 heteroatoms. The Balaban J connectivity index is 1.80. The van der Waals surface area contributed by atoms with E-state index in [0.717, 1.165) is 29.7 Å². The lowest BCUT2D eigenvalue weighted by Gasteiger charge is -2.08. The average molecular weight is 355 g/mol. The van der Waals surface area contributed by atoms with E-state index < -0.39 is 0 Å². The fourth-order valence-corrected chi connectivity index (χ4v) is 2.59. The summed E-state index contributed by atoms with van der Waals surface area (Å²) in [5.41, 5.74) is 2.01. The zero-order valence-corrected chi connectivity index (χ0v) is 15.5. The summed E-state index contributed by atoms with van der Waals surface area (Å²) >= 11 is 0. The lowest BCUT2D eigenvalue weighted by atomic mass is 10.1. The largest absolute Gasteiger partial charge is 0.496 e. The standard InChI is InChI=1S/C21H25NO4/c1-24-18-9-5-4-7-17(18)8-6-14-22-21(23)13-11-16-10-12-19(25-2)20(15-16)26-3/h4-5,7,9-13,15H,6,8,14H2,1-3H3,(H,22,23)/b13-11+. The fourth-order valence-electron chi connectivity index (χ4n) is 2.59. The second kappa shape index (κ2) is 10.1. The molecule has 0 aliphatic rings. The van der Waals surface area contributed by atoms with Crippen molar-refractivity contribution in [2.24, 2.45) is 0 Å². The van der Waals surface area contributed by atoms with Gasteiger partial charge in [-0.3, -0.25) is 4.79 Å². The van der Waals surface area contributed by atoms with Gasteiger partial charge in [-0.2, -0.15) is 0 Å². The number of benzene rings is 2. The van der Waals surface area contributed by atoms with E-state index in [1.807, 2.05) is 42.5 Å². The molecule has 0 bridgehead atoms. The van der Waals surface area contributed by atoms with Gasteiger partial charge in [0.05, 0.1) is 21.3 Å². The Bertz CT molecular complexity index is 755. The first-order valence-corrected chi connectivity index (χ1v) is 8.47. The molecule has 0 aliphatic carbocycles. The molecule has 2 aromatic carbocycles. The molecule has 0 fully saturated rings. The van der Waals surface area contributed by atoms with E-state index in [1.165, 1.54) is 6.08 Å². The van der Waals surface area contributed by atoms with Crippen molar-refractivity contribution in [2.45, 2.75) is 12.8 Å². The molecular weight excluding hydrogens is 330 g/mol. The smallest absolute Gasteiger partial charge is 0.243 e. The van der Waals surface area contributed by atoms with Gasteiger partial charge in [0.1, 0.15) is 5.75 Å². The number of nitrogens with one attached hydrogen (secondary N) is 1. The summed E-state index contributed by atoms with van der Waals surface area (Å²) < 4.78 is 15.8. The van der Waals surface area contributed by atoms with Gasteiger partial charge < -0.3 is 19.5 Å². The molecule has 0 heterocycles. The van der Waals surface area contributed by atoms with Gasteiger partial charge in [0, 0.05) is 12.6 Å². The van der Waals surface area contributed by atoms with Gasteiger partial charge in [-0.1, -0.05) is 24.3 Å². The number of aryl methyl sites for hydroxylation is 1. The summed E-state index contributed by atoms with van der Waals surface area (Å²) in [6, 6.07) is 13.4. The molecule has 0 spiro atoms. The van der Waals surface area contributed by atoms with Crippen LogP contribution in [0, 0.1) is 0 Å². The number of hydrogen-bond acceptors (Lipinski definition) is 4. The number of methoxy groups -OCH3 is 3. The van der Waals surface area contributed by atoms with Crippen LogP contribution in [0.25, 0.3) is 6.08 Å². The van der Waals surface area contributed by atoms with E-state index in [4.69, 9.17) is 14.2 Å². The Morgan fingerprint density at radius 1 is 0.962 bits per heavy atom. The van der Waals surface area contributed by atoms with Crippen LogP contribution in [0.4, 0.5) is 0 Å². The molecule has 0 aliphatic heterocycles. The number of carbonyl (C=O) groups is 1. The molecule has 26 heavy (non-hydrogen) atoms. The minimum Gasteiger partial charge on any atom is -0.496 e. The summed E-state index contributed by atoms with van der Waals surface area (Å²) in [5.74, 6) is 2.05. The summed E-state index contributed by atoms with van der Waals surface area (Å²) in [6.45, 7) is 0.604. The van der Waals surface area contributed by atoms with Crippen molar-refractivity contribution in [3.05, 3.63) is 59.7 Å². The van der Waals surface area contributed by atoms with Crippen molar-refractivity contribution in [3.8, 4) is 17.2 Å². The number of amides is 1. The van der Waals surface area contributed by atoms with Gasteiger partial charge >= 0.3 is 0 Å². The predicted octanol–water partition coefficient (Wildman–Crippen LogP) is 3.47. The second-order valence-electron chi connectivity index (χ2n) is 5.65. The Morgan fingerprint density at radius 2 is 1.69 bits per heavy atom. The molecule has 0 atom stereocenters. The van der Waals surface area contributed by atoms with E-state index in [1.54, 1.807) is 27.4 Å². The zero-order valence-electron chi connectivity index (χ0n) is 15.5. The van der Waals surface area contributed by atoms with Gasteiger partial charge in [-0.15, -0.1) is 0 Å². The maximum atomic E-state index is 11.9. The SMILES string of the molecule is COc1ccccc1CCCNC(=O)/C=C/c1ccc(OC)c(OC)c1. The average Bonchev–Trinajstić information content (AvgIpc) is 2.69. The van der Waals surface area contributed by atoms with Crippen LogP contribution >= 0.6 is 0 Å². The molecule has 138 valence electrons. The third kappa shape index (κ3) is 5.55. The first-order chi connectivity index (χ1) is 12.7. The summed E-state index contributed by atoms with van der Waals surface area (Å²) in [5, 5.41) is 2.89. The number of hydrogen-bond donors (Lipinski definition) is 1. The highest BCUT2D eigenvalue weighted by molar-refractivity contribution is 5.91. The van der Waals surface area contributed by atoms with Crippen LogP contribution in [0.5, 0.6) is 17.2 Å². The van der Waals surface area contributed by atoms with Gasteiger partial charge in [0.15, 0.2) is 11.5 Å². The third-order valence-electron chi connectivity index (χ3n) is 3.95. The number of rotatable bonds is 9.